The fraction of sp³-hybridized carbons (Fsp3) is 0.190. The summed E-state index contributed by atoms with van der Waals surface area (Å²) >= 11 is 1.51. The molecule has 0 spiro atoms. The molecule has 0 saturated heterocycles. The van der Waals surface area contributed by atoms with Crippen molar-refractivity contribution in [1.82, 2.24) is 15.3 Å². The highest BCUT2D eigenvalue weighted by Gasteiger charge is 2.07. The molecule has 1 aromatic carbocycles. The number of amides is 1. The molecule has 0 atom stereocenters. The van der Waals surface area contributed by atoms with Gasteiger partial charge in [0, 0.05) is 17.7 Å². The van der Waals surface area contributed by atoms with Crippen molar-refractivity contribution in [2.24, 2.45) is 0 Å². The number of hydrogen-bond donors (Lipinski definition) is 1. The van der Waals surface area contributed by atoms with Crippen molar-refractivity contribution < 1.29 is 14.3 Å². The number of pyridine rings is 1. The molecule has 0 fully saturated rings. The van der Waals surface area contributed by atoms with Gasteiger partial charge in [-0.2, -0.15) is 0 Å². The smallest absolute Gasteiger partial charge is 0.244 e. The van der Waals surface area contributed by atoms with Gasteiger partial charge in [0.25, 0.3) is 0 Å². The van der Waals surface area contributed by atoms with E-state index in [9.17, 15) is 4.79 Å². The highest BCUT2D eigenvalue weighted by molar-refractivity contribution is 7.13. The lowest BCUT2D eigenvalue weighted by Crippen LogP contribution is -2.20. The van der Waals surface area contributed by atoms with Crippen LogP contribution >= 0.6 is 11.3 Å². The van der Waals surface area contributed by atoms with E-state index in [2.05, 4.69) is 15.3 Å². The van der Waals surface area contributed by atoms with Gasteiger partial charge in [-0.25, -0.2) is 4.98 Å². The van der Waals surface area contributed by atoms with E-state index in [4.69, 9.17) is 9.47 Å². The number of hydrogen-bond acceptors (Lipinski definition) is 6. The Morgan fingerprint density at radius 3 is 2.89 bits per heavy atom. The standard InChI is InChI=1S/C21H21N3O3S/c1-3-27-18-9-7-15(12-19(18)26-2)8-10-20(25)23-13-16-14-28-21(24-16)17-6-4-5-11-22-17/h4-12,14H,3,13H2,1-2H3,(H,23,25)/b10-8+. The van der Waals surface area contributed by atoms with Crippen LogP contribution in [-0.2, 0) is 11.3 Å². The van der Waals surface area contributed by atoms with E-state index < -0.39 is 0 Å². The molecule has 0 bridgehead atoms. The molecule has 0 saturated carbocycles. The zero-order chi connectivity index (χ0) is 19.8. The van der Waals surface area contributed by atoms with Gasteiger partial charge in [-0.15, -0.1) is 11.3 Å². The SMILES string of the molecule is CCOc1ccc(/C=C/C(=O)NCc2csc(-c3ccccn3)n2)cc1OC. The highest BCUT2D eigenvalue weighted by atomic mass is 32.1. The third-order valence-corrected chi connectivity index (χ3v) is 4.71. The zero-order valence-corrected chi connectivity index (χ0v) is 16.5. The van der Waals surface area contributed by atoms with Crippen LogP contribution in [0.15, 0.2) is 54.1 Å². The molecule has 2 aromatic heterocycles. The molecular formula is C21H21N3O3S. The van der Waals surface area contributed by atoms with Crippen LogP contribution in [-0.4, -0.2) is 29.6 Å². The Kier molecular flexibility index (Phi) is 6.75. The summed E-state index contributed by atoms with van der Waals surface area (Å²) in [4.78, 5) is 20.9. The van der Waals surface area contributed by atoms with Gasteiger partial charge in [0.1, 0.15) is 5.01 Å². The Bertz CT molecular complexity index is 955. The van der Waals surface area contributed by atoms with E-state index in [1.807, 2.05) is 48.7 Å². The Morgan fingerprint density at radius 1 is 1.25 bits per heavy atom. The number of nitrogens with one attached hydrogen (secondary N) is 1. The zero-order valence-electron chi connectivity index (χ0n) is 15.7. The van der Waals surface area contributed by atoms with E-state index >= 15 is 0 Å². The second kappa shape index (κ2) is 9.66. The first-order valence-electron chi connectivity index (χ1n) is 8.82. The van der Waals surface area contributed by atoms with Crippen LogP contribution in [0.4, 0.5) is 0 Å². The fourth-order valence-electron chi connectivity index (χ4n) is 2.47. The molecule has 0 radical (unpaired) electrons. The van der Waals surface area contributed by atoms with Crippen molar-refractivity contribution in [3.05, 3.63) is 65.3 Å². The summed E-state index contributed by atoms with van der Waals surface area (Å²) in [5.74, 6) is 1.12. The lowest BCUT2D eigenvalue weighted by Gasteiger charge is -2.09. The topological polar surface area (TPSA) is 73.3 Å². The van der Waals surface area contributed by atoms with Crippen molar-refractivity contribution in [3.8, 4) is 22.2 Å². The normalized spacial score (nSPS) is 10.8. The predicted octanol–water partition coefficient (Wildman–Crippen LogP) is 3.94. The minimum atomic E-state index is -0.194. The minimum Gasteiger partial charge on any atom is -0.493 e. The van der Waals surface area contributed by atoms with Crippen LogP contribution in [0.2, 0.25) is 0 Å². The van der Waals surface area contributed by atoms with Crippen LogP contribution in [0.5, 0.6) is 11.5 Å². The first-order chi connectivity index (χ1) is 13.7. The molecule has 6 nitrogen and oxygen atoms in total. The molecule has 144 valence electrons. The fourth-order valence-corrected chi connectivity index (χ4v) is 3.26. The van der Waals surface area contributed by atoms with Crippen molar-refractivity contribution >= 4 is 23.3 Å². The average Bonchev–Trinajstić information content (AvgIpc) is 3.21. The van der Waals surface area contributed by atoms with Crippen molar-refractivity contribution in [2.75, 3.05) is 13.7 Å². The summed E-state index contributed by atoms with van der Waals surface area (Å²) < 4.78 is 10.8. The summed E-state index contributed by atoms with van der Waals surface area (Å²) in [5, 5.41) is 5.59. The summed E-state index contributed by atoms with van der Waals surface area (Å²) in [6, 6.07) is 11.2. The molecule has 3 aromatic rings. The highest BCUT2D eigenvalue weighted by Crippen LogP contribution is 2.28. The van der Waals surface area contributed by atoms with Crippen molar-refractivity contribution in [2.45, 2.75) is 13.5 Å². The van der Waals surface area contributed by atoms with Crippen LogP contribution in [0, 0.1) is 0 Å². The molecule has 0 unspecified atom stereocenters. The van der Waals surface area contributed by atoms with Crippen LogP contribution in [0.3, 0.4) is 0 Å². The number of aromatic nitrogens is 2. The van der Waals surface area contributed by atoms with E-state index in [-0.39, 0.29) is 5.91 Å². The lowest BCUT2D eigenvalue weighted by molar-refractivity contribution is -0.116. The summed E-state index contributed by atoms with van der Waals surface area (Å²) in [6.07, 6.45) is 4.95. The number of benzene rings is 1. The van der Waals surface area contributed by atoms with Crippen molar-refractivity contribution in [3.63, 3.8) is 0 Å². The van der Waals surface area contributed by atoms with Gasteiger partial charge in [-0.1, -0.05) is 12.1 Å². The van der Waals surface area contributed by atoms with Crippen LogP contribution in [0.25, 0.3) is 16.8 Å². The van der Waals surface area contributed by atoms with E-state index in [1.54, 1.807) is 19.4 Å². The second-order valence-corrected chi connectivity index (χ2v) is 6.61. The molecule has 28 heavy (non-hydrogen) atoms. The summed E-state index contributed by atoms with van der Waals surface area (Å²) in [6.45, 7) is 2.84. The van der Waals surface area contributed by atoms with Gasteiger partial charge >= 0.3 is 0 Å². The van der Waals surface area contributed by atoms with E-state index in [0.29, 0.717) is 24.7 Å². The number of carbonyl (C=O) groups is 1. The molecule has 1 amide bonds. The molecule has 0 aliphatic carbocycles. The first kappa shape index (κ1) is 19.6. The second-order valence-electron chi connectivity index (χ2n) is 5.75. The lowest BCUT2D eigenvalue weighted by atomic mass is 10.2. The van der Waals surface area contributed by atoms with E-state index in [1.165, 1.54) is 17.4 Å². The summed E-state index contributed by atoms with van der Waals surface area (Å²) in [5.41, 5.74) is 2.48. The first-order valence-corrected chi connectivity index (χ1v) is 9.70. The maximum Gasteiger partial charge on any atom is 0.244 e. The molecule has 1 N–H and O–H groups in total. The number of thiazole rings is 1. The maximum absolute atomic E-state index is 12.1. The van der Waals surface area contributed by atoms with Gasteiger partial charge in [-0.05, 0) is 42.8 Å². The third kappa shape index (κ3) is 5.17. The molecule has 0 aliphatic rings. The van der Waals surface area contributed by atoms with E-state index in [0.717, 1.165) is 22.0 Å². The van der Waals surface area contributed by atoms with Crippen molar-refractivity contribution in [1.29, 1.82) is 0 Å². The molecule has 7 heteroatoms. The Morgan fingerprint density at radius 2 is 2.14 bits per heavy atom. The monoisotopic (exact) mass is 395 g/mol. The Balaban J connectivity index is 1.56. The number of carbonyl (C=O) groups excluding carboxylic acids is 1. The number of nitrogens with zero attached hydrogens (tertiary/aromatic N) is 2. The molecule has 2 heterocycles. The third-order valence-electron chi connectivity index (χ3n) is 3.79. The van der Waals surface area contributed by atoms with Crippen LogP contribution < -0.4 is 14.8 Å². The molecular weight excluding hydrogens is 374 g/mol. The van der Waals surface area contributed by atoms with Gasteiger partial charge in [-0.3, -0.25) is 9.78 Å². The molecule has 3 rings (SSSR count). The van der Waals surface area contributed by atoms with Gasteiger partial charge in [0.2, 0.25) is 5.91 Å². The largest absolute Gasteiger partial charge is 0.493 e. The maximum atomic E-state index is 12.1. The Labute approximate surface area is 167 Å². The predicted molar refractivity (Wildman–Crippen MR) is 110 cm³/mol. The average molecular weight is 395 g/mol. The van der Waals surface area contributed by atoms with Crippen LogP contribution in [0.1, 0.15) is 18.2 Å². The van der Waals surface area contributed by atoms with Gasteiger partial charge in [0.15, 0.2) is 11.5 Å². The Hall–Kier alpha value is -3.19. The summed E-state index contributed by atoms with van der Waals surface area (Å²) in [7, 11) is 1.59. The van der Waals surface area contributed by atoms with Gasteiger partial charge in [0.05, 0.1) is 31.6 Å². The molecule has 0 aliphatic heterocycles. The number of ether oxygens (including phenoxy) is 2. The van der Waals surface area contributed by atoms with Gasteiger partial charge < -0.3 is 14.8 Å². The number of rotatable bonds is 8. The minimum absolute atomic E-state index is 0.194. The number of methoxy groups -OCH3 is 1. The quantitative estimate of drug-likeness (QED) is 0.585.